The number of fused-ring (bicyclic) bond motifs is 1. The Morgan fingerprint density at radius 2 is 2.16 bits per heavy atom. The Balaban J connectivity index is 1.52. The number of nitrogens with one attached hydrogen (secondary N) is 2. The third-order valence-electron chi connectivity index (χ3n) is 4.06. The van der Waals surface area contributed by atoms with Crippen molar-refractivity contribution in [3.63, 3.8) is 0 Å². The highest BCUT2D eigenvalue weighted by atomic mass is 32.1. The van der Waals surface area contributed by atoms with Crippen LogP contribution in [-0.4, -0.2) is 4.98 Å². The lowest BCUT2D eigenvalue weighted by Crippen LogP contribution is -2.15. The number of hydrazine groups is 1. The van der Waals surface area contributed by atoms with Gasteiger partial charge in [0.05, 0.1) is 11.3 Å². The topological polar surface area (TPSA) is 67.2 Å². The van der Waals surface area contributed by atoms with Gasteiger partial charge in [0.25, 0.3) is 0 Å². The average Bonchev–Trinajstić information content (AvgIpc) is 3.11. The molecule has 0 radical (unpaired) electrons. The second kappa shape index (κ2) is 6.94. The van der Waals surface area contributed by atoms with Crippen molar-refractivity contribution >= 4 is 27.4 Å². The van der Waals surface area contributed by atoms with Gasteiger partial charge in [0, 0.05) is 17.0 Å². The van der Waals surface area contributed by atoms with Gasteiger partial charge in [0.2, 0.25) is 5.13 Å². The number of thiazole rings is 1. The number of para-hydroxylation sites is 1. The van der Waals surface area contributed by atoms with E-state index in [9.17, 15) is 4.79 Å². The molecular weight excluding hydrogens is 334 g/mol. The monoisotopic (exact) mass is 351 g/mol. The van der Waals surface area contributed by atoms with E-state index in [1.807, 2.05) is 35.8 Å². The molecule has 2 N–H and O–H groups in total. The van der Waals surface area contributed by atoms with Crippen molar-refractivity contribution in [1.29, 1.82) is 0 Å². The zero-order valence-electron chi connectivity index (χ0n) is 13.5. The maximum Gasteiger partial charge on any atom is 0.345 e. The van der Waals surface area contributed by atoms with Crippen LogP contribution in [0.15, 0.2) is 68.8 Å². The second-order valence-electron chi connectivity index (χ2n) is 5.81. The van der Waals surface area contributed by atoms with E-state index in [1.54, 1.807) is 6.07 Å². The summed E-state index contributed by atoms with van der Waals surface area (Å²) in [4.78, 5) is 16.7. The number of benzene rings is 1. The maximum absolute atomic E-state index is 12.2. The Bertz CT molecular complexity index is 1020. The van der Waals surface area contributed by atoms with E-state index in [1.165, 1.54) is 16.9 Å². The van der Waals surface area contributed by atoms with E-state index in [4.69, 9.17) is 4.42 Å². The molecule has 0 saturated carbocycles. The van der Waals surface area contributed by atoms with E-state index in [-0.39, 0.29) is 5.63 Å². The molecule has 2 aromatic heterocycles. The van der Waals surface area contributed by atoms with E-state index < -0.39 is 0 Å². The predicted molar refractivity (Wildman–Crippen MR) is 101 cm³/mol. The SMILES string of the molecule is O=c1oc2ccccc2cc1-c1csc(NN/C=C2\CC=CCC2)n1. The molecule has 126 valence electrons. The summed E-state index contributed by atoms with van der Waals surface area (Å²) in [5.74, 6) is 0. The standard InChI is InChI=1S/C19H17N3O2S/c23-18-15(10-14-8-4-5-9-17(14)24-18)16-12-25-19(21-16)22-20-11-13-6-2-1-3-7-13/h1-2,4-5,8-12,20H,3,6-7H2,(H,21,22)/b13-11+. The smallest absolute Gasteiger partial charge is 0.345 e. The van der Waals surface area contributed by atoms with Gasteiger partial charge in [-0.05, 0) is 37.0 Å². The highest BCUT2D eigenvalue weighted by Crippen LogP contribution is 2.25. The summed E-state index contributed by atoms with van der Waals surface area (Å²) in [7, 11) is 0. The molecule has 0 aliphatic heterocycles. The lowest BCUT2D eigenvalue weighted by Gasteiger charge is -2.09. The fourth-order valence-corrected chi connectivity index (χ4v) is 3.42. The van der Waals surface area contributed by atoms with E-state index in [0.717, 1.165) is 24.6 Å². The van der Waals surface area contributed by atoms with Crippen LogP contribution in [-0.2, 0) is 0 Å². The molecule has 0 fully saturated rings. The van der Waals surface area contributed by atoms with E-state index in [2.05, 4.69) is 28.0 Å². The molecule has 1 aromatic carbocycles. The molecule has 1 aliphatic rings. The Hall–Kier alpha value is -2.86. The van der Waals surface area contributed by atoms with Gasteiger partial charge in [-0.15, -0.1) is 11.3 Å². The third-order valence-corrected chi connectivity index (χ3v) is 4.81. The van der Waals surface area contributed by atoms with Crippen molar-refractivity contribution in [3.05, 3.63) is 70.1 Å². The highest BCUT2D eigenvalue weighted by molar-refractivity contribution is 7.14. The number of nitrogens with zero attached hydrogens (tertiary/aromatic N) is 1. The Morgan fingerprint density at radius 1 is 1.24 bits per heavy atom. The molecule has 0 atom stereocenters. The quantitative estimate of drug-likeness (QED) is 0.413. The molecule has 4 rings (SSSR count). The highest BCUT2D eigenvalue weighted by Gasteiger charge is 2.11. The molecule has 5 nitrogen and oxygen atoms in total. The van der Waals surface area contributed by atoms with Crippen LogP contribution in [0, 0.1) is 0 Å². The Morgan fingerprint density at radius 3 is 3.04 bits per heavy atom. The van der Waals surface area contributed by atoms with Crippen LogP contribution in [0.1, 0.15) is 19.3 Å². The van der Waals surface area contributed by atoms with Crippen molar-refractivity contribution in [2.24, 2.45) is 0 Å². The molecular formula is C19H17N3O2S. The van der Waals surface area contributed by atoms with Crippen LogP contribution < -0.4 is 16.5 Å². The molecule has 25 heavy (non-hydrogen) atoms. The van der Waals surface area contributed by atoms with Crippen LogP contribution in [0.25, 0.3) is 22.2 Å². The first-order chi connectivity index (χ1) is 12.3. The van der Waals surface area contributed by atoms with Gasteiger partial charge in [0.15, 0.2) is 0 Å². The number of rotatable bonds is 4. The van der Waals surface area contributed by atoms with Crippen LogP contribution >= 0.6 is 11.3 Å². The number of anilines is 1. The zero-order chi connectivity index (χ0) is 17.1. The van der Waals surface area contributed by atoms with Gasteiger partial charge < -0.3 is 9.84 Å². The van der Waals surface area contributed by atoms with E-state index >= 15 is 0 Å². The minimum Gasteiger partial charge on any atom is -0.422 e. The first-order valence-corrected chi connectivity index (χ1v) is 9.01. The van der Waals surface area contributed by atoms with Crippen molar-refractivity contribution in [1.82, 2.24) is 10.4 Å². The van der Waals surface area contributed by atoms with Crippen LogP contribution in [0.5, 0.6) is 0 Å². The van der Waals surface area contributed by atoms with Crippen molar-refractivity contribution in [2.45, 2.75) is 19.3 Å². The summed E-state index contributed by atoms with van der Waals surface area (Å²) in [6.07, 6.45) is 9.51. The molecule has 2 heterocycles. The first-order valence-electron chi connectivity index (χ1n) is 8.13. The molecule has 6 heteroatoms. The molecule has 1 aliphatic carbocycles. The first kappa shape index (κ1) is 15.7. The largest absolute Gasteiger partial charge is 0.422 e. The van der Waals surface area contributed by atoms with Gasteiger partial charge in [-0.1, -0.05) is 30.4 Å². The van der Waals surface area contributed by atoms with Crippen molar-refractivity contribution in [2.75, 3.05) is 5.43 Å². The number of aromatic nitrogens is 1. The Labute approximate surface area is 148 Å². The average molecular weight is 351 g/mol. The summed E-state index contributed by atoms with van der Waals surface area (Å²) in [5, 5.41) is 3.43. The second-order valence-corrected chi connectivity index (χ2v) is 6.67. The predicted octanol–water partition coefficient (Wildman–Crippen LogP) is 4.46. The van der Waals surface area contributed by atoms with Crippen molar-refractivity contribution in [3.8, 4) is 11.3 Å². The molecule has 0 unspecified atom stereocenters. The number of allylic oxidation sites excluding steroid dienone is 3. The van der Waals surface area contributed by atoms with Gasteiger partial charge in [-0.25, -0.2) is 9.78 Å². The van der Waals surface area contributed by atoms with Crippen molar-refractivity contribution < 1.29 is 4.42 Å². The van der Waals surface area contributed by atoms with E-state index in [0.29, 0.717) is 22.0 Å². The fraction of sp³-hybridized carbons (Fsp3) is 0.158. The fourth-order valence-electron chi connectivity index (χ4n) is 2.75. The summed E-state index contributed by atoms with van der Waals surface area (Å²) < 4.78 is 5.37. The lowest BCUT2D eigenvalue weighted by atomic mass is 10.0. The summed E-state index contributed by atoms with van der Waals surface area (Å²) in [6, 6.07) is 9.28. The summed E-state index contributed by atoms with van der Waals surface area (Å²) >= 11 is 1.44. The molecule has 3 aromatic rings. The molecule has 0 bridgehead atoms. The minimum atomic E-state index is -0.375. The van der Waals surface area contributed by atoms with Gasteiger partial charge in [0.1, 0.15) is 5.58 Å². The van der Waals surface area contributed by atoms with Crippen LogP contribution in [0.3, 0.4) is 0 Å². The summed E-state index contributed by atoms with van der Waals surface area (Å²) in [6.45, 7) is 0. The summed E-state index contributed by atoms with van der Waals surface area (Å²) in [5.41, 5.74) is 8.78. The minimum absolute atomic E-state index is 0.375. The molecule has 0 amide bonds. The molecule has 0 saturated heterocycles. The lowest BCUT2D eigenvalue weighted by molar-refractivity contribution is 0.563. The van der Waals surface area contributed by atoms with Gasteiger partial charge in [-0.2, -0.15) is 0 Å². The molecule has 0 spiro atoms. The third kappa shape index (κ3) is 3.49. The zero-order valence-corrected chi connectivity index (χ0v) is 14.3. The van der Waals surface area contributed by atoms with Gasteiger partial charge in [-0.3, -0.25) is 5.43 Å². The van der Waals surface area contributed by atoms with Crippen LogP contribution in [0.2, 0.25) is 0 Å². The van der Waals surface area contributed by atoms with Crippen LogP contribution in [0.4, 0.5) is 5.13 Å². The Kier molecular flexibility index (Phi) is 4.35. The number of hydrogen-bond donors (Lipinski definition) is 2. The normalized spacial score (nSPS) is 15.6. The maximum atomic E-state index is 12.2. The number of hydrogen-bond acceptors (Lipinski definition) is 6. The van der Waals surface area contributed by atoms with Gasteiger partial charge >= 0.3 is 5.63 Å².